The molecule has 1 rings (SSSR count). The number of aryl methyl sites for hydroxylation is 3. The van der Waals surface area contributed by atoms with E-state index in [1.807, 2.05) is 0 Å². The molecule has 0 aliphatic carbocycles. The summed E-state index contributed by atoms with van der Waals surface area (Å²) in [6.07, 6.45) is 5.27. The maximum absolute atomic E-state index is 10.0. The van der Waals surface area contributed by atoms with Gasteiger partial charge in [0.2, 0.25) is 0 Å². The van der Waals surface area contributed by atoms with Crippen molar-refractivity contribution in [2.24, 2.45) is 0 Å². The number of benzene rings is 1. The van der Waals surface area contributed by atoms with Crippen molar-refractivity contribution in [3.8, 4) is 5.75 Å². The quantitative estimate of drug-likeness (QED) is 0.775. The second-order valence-corrected chi connectivity index (χ2v) is 4.12. The van der Waals surface area contributed by atoms with E-state index in [9.17, 15) is 5.11 Å². The van der Waals surface area contributed by atoms with Gasteiger partial charge in [0.1, 0.15) is 5.75 Å². The Morgan fingerprint density at radius 2 is 1.53 bits per heavy atom. The standard InChI is InChI=1S/C14H22O/c1-4-7-11-9-12(6-3)14(15)13(10-11)8-5-2/h9-10,15H,4-8H2,1-3H3. The third-order valence-electron chi connectivity index (χ3n) is 2.77. The number of hydrogen-bond donors (Lipinski definition) is 1. The molecule has 0 fully saturated rings. The van der Waals surface area contributed by atoms with Gasteiger partial charge in [0.05, 0.1) is 0 Å². The van der Waals surface area contributed by atoms with E-state index in [4.69, 9.17) is 0 Å². The fourth-order valence-electron chi connectivity index (χ4n) is 1.99. The molecule has 0 bridgehead atoms. The average Bonchev–Trinajstić information content (AvgIpc) is 2.23. The Morgan fingerprint density at radius 3 is 2.07 bits per heavy atom. The van der Waals surface area contributed by atoms with Gasteiger partial charge in [-0.2, -0.15) is 0 Å². The van der Waals surface area contributed by atoms with E-state index in [0.717, 1.165) is 36.8 Å². The smallest absolute Gasteiger partial charge is 0.121 e. The predicted molar refractivity (Wildman–Crippen MR) is 65.5 cm³/mol. The topological polar surface area (TPSA) is 20.2 Å². The van der Waals surface area contributed by atoms with Gasteiger partial charge in [0.25, 0.3) is 0 Å². The van der Waals surface area contributed by atoms with Gasteiger partial charge < -0.3 is 5.11 Å². The zero-order valence-corrected chi connectivity index (χ0v) is 10.1. The number of rotatable bonds is 5. The third kappa shape index (κ3) is 2.98. The first-order valence-electron chi connectivity index (χ1n) is 6.06. The molecule has 0 saturated heterocycles. The Morgan fingerprint density at radius 1 is 0.933 bits per heavy atom. The minimum Gasteiger partial charge on any atom is -0.507 e. The van der Waals surface area contributed by atoms with E-state index in [2.05, 4.69) is 32.9 Å². The van der Waals surface area contributed by atoms with Crippen LogP contribution in [-0.2, 0) is 19.3 Å². The van der Waals surface area contributed by atoms with Crippen LogP contribution in [0, 0.1) is 0 Å². The molecule has 0 heterocycles. The van der Waals surface area contributed by atoms with Crippen LogP contribution in [0.3, 0.4) is 0 Å². The molecule has 1 N–H and O–H groups in total. The van der Waals surface area contributed by atoms with Crippen LogP contribution in [0.4, 0.5) is 0 Å². The van der Waals surface area contributed by atoms with Gasteiger partial charge in [-0.05, 0) is 36.0 Å². The van der Waals surface area contributed by atoms with Crippen LogP contribution in [0.1, 0.15) is 50.3 Å². The summed E-state index contributed by atoms with van der Waals surface area (Å²) in [6.45, 7) is 6.44. The number of phenols is 1. The summed E-state index contributed by atoms with van der Waals surface area (Å²) in [7, 11) is 0. The largest absolute Gasteiger partial charge is 0.507 e. The van der Waals surface area contributed by atoms with Crippen molar-refractivity contribution in [3.63, 3.8) is 0 Å². The van der Waals surface area contributed by atoms with Crippen LogP contribution in [-0.4, -0.2) is 5.11 Å². The van der Waals surface area contributed by atoms with Crippen molar-refractivity contribution in [1.29, 1.82) is 0 Å². The number of aromatic hydroxyl groups is 1. The summed E-state index contributed by atoms with van der Waals surface area (Å²) in [6, 6.07) is 4.32. The van der Waals surface area contributed by atoms with E-state index in [-0.39, 0.29) is 0 Å². The normalized spacial score (nSPS) is 10.6. The summed E-state index contributed by atoms with van der Waals surface area (Å²) < 4.78 is 0. The molecule has 0 saturated carbocycles. The molecule has 0 radical (unpaired) electrons. The molecular formula is C14H22O. The number of phenolic OH excluding ortho intramolecular Hbond substituents is 1. The van der Waals surface area contributed by atoms with Crippen LogP contribution in [0.15, 0.2) is 12.1 Å². The van der Waals surface area contributed by atoms with E-state index < -0.39 is 0 Å². The zero-order chi connectivity index (χ0) is 11.3. The van der Waals surface area contributed by atoms with Crippen LogP contribution >= 0.6 is 0 Å². The average molecular weight is 206 g/mol. The zero-order valence-electron chi connectivity index (χ0n) is 10.1. The Labute approximate surface area is 93.1 Å². The van der Waals surface area contributed by atoms with Crippen LogP contribution < -0.4 is 0 Å². The van der Waals surface area contributed by atoms with E-state index >= 15 is 0 Å². The molecule has 0 atom stereocenters. The highest BCUT2D eigenvalue weighted by Crippen LogP contribution is 2.26. The van der Waals surface area contributed by atoms with Gasteiger partial charge in [-0.25, -0.2) is 0 Å². The molecule has 1 aromatic carbocycles. The fourth-order valence-corrected chi connectivity index (χ4v) is 1.99. The molecule has 1 heteroatoms. The lowest BCUT2D eigenvalue weighted by atomic mass is 9.97. The molecule has 15 heavy (non-hydrogen) atoms. The summed E-state index contributed by atoms with van der Waals surface area (Å²) in [5, 5.41) is 10.0. The molecule has 0 aliphatic rings. The first kappa shape index (κ1) is 12.1. The molecule has 0 aliphatic heterocycles. The second-order valence-electron chi connectivity index (χ2n) is 4.12. The molecule has 1 nitrogen and oxygen atoms in total. The Balaban J connectivity index is 3.07. The summed E-state index contributed by atoms with van der Waals surface area (Å²) >= 11 is 0. The Bertz CT molecular complexity index is 315. The van der Waals surface area contributed by atoms with Gasteiger partial charge >= 0.3 is 0 Å². The lowest BCUT2D eigenvalue weighted by Gasteiger charge is -2.11. The Kier molecular flexibility index (Phi) is 4.67. The van der Waals surface area contributed by atoms with Crippen molar-refractivity contribution >= 4 is 0 Å². The van der Waals surface area contributed by atoms with Gasteiger partial charge in [-0.1, -0.05) is 45.7 Å². The van der Waals surface area contributed by atoms with Crippen molar-refractivity contribution in [2.45, 2.75) is 52.9 Å². The Hall–Kier alpha value is -0.980. The van der Waals surface area contributed by atoms with Gasteiger partial charge in [-0.3, -0.25) is 0 Å². The molecule has 0 spiro atoms. The SMILES string of the molecule is CCCc1cc(CC)c(O)c(CCC)c1. The highest BCUT2D eigenvalue weighted by atomic mass is 16.3. The van der Waals surface area contributed by atoms with Crippen LogP contribution in [0.5, 0.6) is 5.75 Å². The molecule has 84 valence electrons. The number of hydrogen-bond acceptors (Lipinski definition) is 1. The highest BCUT2D eigenvalue weighted by molar-refractivity contribution is 5.44. The van der Waals surface area contributed by atoms with Crippen LogP contribution in [0.2, 0.25) is 0 Å². The predicted octanol–water partition coefficient (Wildman–Crippen LogP) is 3.86. The monoisotopic (exact) mass is 206 g/mol. The first-order chi connectivity index (χ1) is 7.22. The highest BCUT2D eigenvalue weighted by Gasteiger charge is 2.07. The molecule has 0 unspecified atom stereocenters. The van der Waals surface area contributed by atoms with Gasteiger partial charge in [0.15, 0.2) is 0 Å². The molecule has 0 amide bonds. The maximum atomic E-state index is 10.0. The molecule has 0 aromatic heterocycles. The third-order valence-corrected chi connectivity index (χ3v) is 2.77. The minimum atomic E-state index is 0.527. The summed E-state index contributed by atoms with van der Waals surface area (Å²) in [5.41, 5.74) is 3.60. The summed E-state index contributed by atoms with van der Waals surface area (Å²) in [5.74, 6) is 0.527. The van der Waals surface area contributed by atoms with Crippen molar-refractivity contribution in [1.82, 2.24) is 0 Å². The second kappa shape index (κ2) is 5.79. The minimum absolute atomic E-state index is 0.527. The first-order valence-corrected chi connectivity index (χ1v) is 6.06. The van der Waals surface area contributed by atoms with Crippen molar-refractivity contribution < 1.29 is 5.11 Å². The maximum Gasteiger partial charge on any atom is 0.121 e. The molecule has 1 aromatic rings. The van der Waals surface area contributed by atoms with E-state index in [1.54, 1.807) is 0 Å². The lowest BCUT2D eigenvalue weighted by Crippen LogP contribution is -1.94. The van der Waals surface area contributed by atoms with E-state index in [1.165, 1.54) is 12.0 Å². The van der Waals surface area contributed by atoms with Crippen molar-refractivity contribution in [2.75, 3.05) is 0 Å². The van der Waals surface area contributed by atoms with Crippen molar-refractivity contribution in [3.05, 3.63) is 28.8 Å². The van der Waals surface area contributed by atoms with Gasteiger partial charge in [0, 0.05) is 0 Å². The lowest BCUT2D eigenvalue weighted by molar-refractivity contribution is 0.460. The van der Waals surface area contributed by atoms with Crippen LogP contribution in [0.25, 0.3) is 0 Å². The summed E-state index contributed by atoms with van der Waals surface area (Å²) in [4.78, 5) is 0. The van der Waals surface area contributed by atoms with Gasteiger partial charge in [-0.15, -0.1) is 0 Å². The van der Waals surface area contributed by atoms with E-state index in [0.29, 0.717) is 5.75 Å². The fraction of sp³-hybridized carbons (Fsp3) is 0.571. The molecular weight excluding hydrogens is 184 g/mol.